The summed E-state index contributed by atoms with van der Waals surface area (Å²) in [6, 6.07) is 17.3. The zero-order valence-corrected chi connectivity index (χ0v) is 13.4. The van der Waals surface area contributed by atoms with Crippen molar-refractivity contribution in [3.8, 4) is 0 Å². The zero-order chi connectivity index (χ0) is 16.2. The lowest BCUT2D eigenvalue weighted by atomic mass is 10.1. The summed E-state index contributed by atoms with van der Waals surface area (Å²) in [7, 11) is 0. The minimum Gasteiger partial charge on any atom is -0.338 e. The Labute approximate surface area is 139 Å². The van der Waals surface area contributed by atoms with Crippen LogP contribution in [-0.4, -0.2) is 16.2 Å². The van der Waals surface area contributed by atoms with E-state index in [1.54, 1.807) is 12.1 Å². The third kappa shape index (κ3) is 3.60. The van der Waals surface area contributed by atoms with E-state index in [0.717, 1.165) is 22.2 Å². The molecule has 3 rings (SSSR count). The Morgan fingerprint density at radius 2 is 1.87 bits per heavy atom. The van der Waals surface area contributed by atoms with Crippen LogP contribution in [0.1, 0.15) is 12.5 Å². The number of carbonyl (C=O) groups is 1. The maximum Gasteiger partial charge on any atom is 0.259 e. The topological polar surface area (TPSA) is 46.4 Å². The number of halogens is 1. The van der Waals surface area contributed by atoms with Crippen molar-refractivity contribution in [2.45, 2.75) is 13.5 Å². The lowest BCUT2D eigenvalue weighted by Crippen LogP contribution is -2.23. The molecule has 0 unspecified atom stereocenters. The molecule has 0 aliphatic heterocycles. The molecule has 0 atom stereocenters. The number of carbonyl (C=O) groups excluding carboxylic acids is 1. The third-order valence-electron chi connectivity index (χ3n) is 3.60. The largest absolute Gasteiger partial charge is 0.338 e. The number of hydrogen-bond donors (Lipinski definition) is 1. The Morgan fingerprint density at radius 1 is 1.13 bits per heavy atom. The van der Waals surface area contributed by atoms with Gasteiger partial charge in [0.15, 0.2) is 0 Å². The highest BCUT2D eigenvalue weighted by molar-refractivity contribution is 6.30. The van der Waals surface area contributed by atoms with Gasteiger partial charge in [-0.3, -0.25) is 4.79 Å². The van der Waals surface area contributed by atoms with E-state index in [4.69, 9.17) is 11.6 Å². The predicted molar refractivity (Wildman–Crippen MR) is 93.7 cm³/mol. The zero-order valence-electron chi connectivity index (χ0n) is 12.7. The van der Waals surface area contributed by atoms with Crippen LogP contribution >= 0.6 is 11.6 Å². The molecule has 0 bridgehead atoms. The fraction of sp³-hybridized carbons (Fsp3) is 0.111. The average molecular weight is 326 g/mol. The van der Waals surface area contributed by atoms with Gasteiger partial charge in [0.2, 0.25) is 0 Å². The monoisotopic (exact) mass is 325 g/mol. The standard InChI is InChI=1S/C18H16ClN3O/c1-13(14-6-8-16(19)9-7-14)20-21-18(23)12-22-11-10-15-4-2-3-5-17(15)22/h2-11H,12H2,1H3,(H,21,23)/b20-13-. The molecular formula is C18H16ClN3O. The summed E-state index contributed by atoms with van der Waals surface area (Å²) in [4.78, 5) is 12.1. The summed E-state index contributed by atoms with van der Waals surface area (Å²) < 4.78 is 1.90. The molecule has 0 saturated heterocycles. The Kier molecular flexibility index (Phi) is 4.44. The van der Waals surface area contributed by atoms with Gasteiger partial charge in [0.1, 0.15) is 6.54 Å². The fourth-order valence-electron chi connectivity index (χ4n) is 2.37. The molecular weight excluding hydrogens is 310 g/mol. The van der Waals surface area contributed by atoms with Crippen molar-refractivity contribution < 1.29 is 4.79 Å². The molecule has 0 aliphatic rings. The molecule has 0 radical (unpaired) electrons. The summed E-state index contributed by atoms with van der Waals surface area (Å²) in [5.74, 6) is -0.167. The lowest BCUT2D eigenvalue weighted by molar-refractivity contribution is -0.121. The number of amides is 1. The summed E-state index contributed by atoms with van der Waals surface area (Å²) >= 11 is 5.86. The summed E-state index contributed by atoms with van der Waals surface area (Å²) in [5.41, 5.74) is 5.27. The maximum atomic E-state index is 12.1. The quantitative estimate of drug-likeness (QED) is 0.575. The third-order valence-corrected chi connectivity index (χ3v) is 3.86. The van der Waals surface area contributed by atoms with Gasteiger partial charge in [-0.15, -0.1) is 0 Å². The van der Waals surface area contributed by atoms with Crippen molar-refractivity contribution in [1.29, 1.82) is 0 Å². The van der Waals surface area contributed by atoms with Crippen molar-refractivity contribution in [1.82, 2.24) is 9.99 Å². The minimum absolute atomic E-state index is 0.167. The number of hydrazone groups is 1. The number of nitrogens with one attached hydrogen (secondary N) is 1. The molecule has 1 heterocycles. The Bertz CT molecular complexity index is 865. The second kappa shape index (κ2) is 6.67. The van der Waals surface area contributed by atoms with Crippen LogP contribution in [0.15, 0.2) is 65.9 Å². The van der Waals surface area contributed by atoms with E-state index in [-0.39, 0.29) is 12.5 Å². The Morgan fingerprint density at radius 3 is 2.65 bits per heavy atom. The van der Waals surface area contributed by atoms with Crippen LogP contribution in [0.3, 0.4) is 0 Å². The fourth-order valence-corrected chi connectivity index (χ4v) is 2.50. The van der Waals surface area contributed by atoms with Gasteiger partial charge in [-0.25, -0.2) is 5.43 Å². The van der Waals surface area contributed by atoms with Crippen molar-refractivity contribution in [3.63, 3.8) is 0 Å². The highest BCUT2D eigenvalue weighted by Crippen LogP contribution is 2.14. The van der Waals surface area contributed by atoms with Gasteiger partial charge < -0.3 is 4.57 Å². The molecule has 116 valence electrons. The number of hydrogen-bond acceptors (Lipinski definition) is 2. The van der Waals surface area contributed by atoms with Crippen molar-refractivity contribution >= 4 is 34.1 Å². The lowest BCUT2D eigenvalue weighted by Gasteiger charge is -2.05. The first kappa shape index (κ1) is 15.3. The van der Waals surface area contributed by atoms with E-state index in [9.17, 15) is 4.79 Å². The van der Waals surface area contributed by atoms with Crippen molar-refractivity contribution in [3.05, 3.63) is 71.4 Å². The number of nitrogens with zero attached hydrogens (tertiary/aromatic N) is 2. The molecule has 1 N–H and O–H groups in total. The molecule has 0 aliphatic carbocycles. The molecule has 2 aromatic carbocycles. The Hall–Kier alpha value is -2.59. The van der Waals surface area contributed by atoms with Crippen LogP contribution < -0.4 is 5.43 Å². The van der Waals surface area contributed by atoms with E-state index in [1.807, 2.05) is 60.2 Å². The van der Waals surface area contributed by atoms with Gasteiger partial charge in [-0.2, -0.15) is 5.10 Å². The first-order valence-corrected chi connectivity index (χ1v) is 7.64. The normalized spacial score (nSPS) is 11.7. The maximum absolute atomic E-state index is 12.1. The summed E-state index contributed by atoms with van der Waals surface area (Å²) in [6.07, 6.45) is 1.90. The van der Waals surface area contributed by atoms with E-state index < -0.39 is 0 Å². The van der Waals surface area contributed by atoms with Gasteiger partial charge in [0.25, 0.3) is 5.91 Å². The van der Waals surface area contributed by atoms with Crippen LogP contribution in [0.5, 0.6) is 0 Å². The molecule has 3 aromatic rings. The van der Waals surface area contributed by atoms with E-state index in [0.29, 0.717) is 5.02 Å². The van der Waals surface area contributed by atoms with Crippen molar-refractivity contribution in [2.24, 2.45) is 5.10 Å². The molecule has 5 heteroatoms. The van der Waals surface area contributed by atoms with Crippen LogP contribution in [0, 0.1) is 0 Å². The van der Waals surface area contributed by atoms with Gasteiger partial charge >= 0.3 is 0 Å². The van der Waals surface area contributed by atoms with Crippen molar-refractivity contribution in [2.75, 3.05) is 0 Å². The second-order valence-electron chi connectivity index (χ2n) is 5.24. The number of aromatic nitrogens is 1. The summed E-state index contributed by atoms with van der Waals surface area (Å²) in [5, 5.41) is 5.93. The van der Waals surface area contributed by atoms with Gasteiger partial charge in [0.05, 0.1) is 5.71 Å². The van der Waals surface area contributed by atoms with Gasteiger partial charge in [-0.1, -0.05) is 41.9 Å². The highest BCUT2D eigenvalue weighted by Gasteiger charge is 2.05. The predicted octanol–water partition coefficient (Wildman–Crippen LogP) is 3.84. The molecule has 1 aromatic heterocycles. The average Bonchev–Trinajstić information content (AvgIpc) is 2.96. The first-order valence-electron chi connectivity index (χ1n) is 7.26. The highest BCUT2D eigenvalue weighted by atomic mass is 35.5. The molecule has 0 spiro atoms. The first-order chi connectivity index (χ1) is 11.1. The van der Waals surface area contributed by atoms with Gasteiger partial charge in [-0.05, 0) is 42.1 Å². The van der Waals surface area contributed by atoms with Crippen LogP contribution in [0.2, 0.25) is 5.02 Å². The SMILES string of the molecule is C/C(=N/NC(=O)Cn1ccc2ccccc21)c1ccc(Cl)cc1. The van der Waals surface area contributed by atoms with E-state index >= 15 is 0 Å². The summed E-state index contributed by atoms with van der Waals surface area (Å²) in [6.45, 7) is 2.07. The number of fused-ring (bicyclic) bond motifs is 1. The van der Waals surface area contributed by atoms with Gasteiger partial charge in [0, 0.05) is 16.7 Å². The molecule has 0 saturated carbocycles. The molecule has 4 nitrogen and oxygen atoms in total. The number of benzene rings is 2. The Balaban J connectivity index is 1.67. The van der Waals surface area contributed by atoms with Crippen LogP contribution in [0.4, 0.5) is 0 Å². The second-order valence-corrected chi connectivity index (χ2v) is 5.68. The molecule has 0 fully saturated rings. The van der Waals surface area contributed by atoms with Crippen LogP contribution in [-0.2, 0) is 11.3 Å². The smallest absolute Gasteiger partial charge is 0.259 e. The van der Waals surface area contributed by atoms with Crippen LogP contribution in [0.25, 0.3) is 10.9 Å². The minimum atomic E-state index is -0.167. The molecule has 23 heavy (non-hydrogen) atoms. The molecule has 1 amide bonds. The van der Waals surface area contributed by atoms with E-state index in [2.05, 4.69) is 10.5 Å². The number of rotatable bonds is 4. The van der Waals surface area contributed by atoms with E-state index in [1.165, 1.54) is 0 Å². The number of para-hydroxylation sites is 1.